The van der Waals surface area contributed by atoms with E-state index >= 15 is 0 Å². The number of hydrogen-bond acceptors (Lipinski definition) is 4. The van der Waals surface area contributed by atoms with Crippen LogP contribution in [0.15, 0.2) is 46.2 Å². The number of imidazole rings is 1. The van der Waals surface area contributed by atoms with Crippen molar-refractivity contribution in [1.82, 2.24) is 28.9 Å². The molecule has 9 heteroatoms. The lowest BCUT2D eigenvalue weighted by molar-refractivity contribution is 0.555. The summed E-state index contributed by atoms with van der Waals surface area (Å²) in [4.78, 5) is 33.4. The van der Waals surface area contributed by atoms with Gasteiger partial charge in [-0.1, -0.05) is 37.6 Å². The van der Waals surface area contributed by atoms with Gasteiger partial charge in [0.2, 0.25) is 0 Å². The Morgan fingerprint density at radius 2 is 1.87 bits per heavy atom. The number of fused-ring (bicyclic) bond motifs is 1. The van der Waals surface area contributed by atoms with E-state index < -0.39 is 0 Å². The Labute approximate surface area is 177 Å². The van der Waals surface area contributed by atoms with Gasteiger partial charge < -0.3 is 4.98 Å². The van der Waals surface area contributed by atoms with E-state index in [4.69, 9.17) is 11.6 Å². The second kappa shape index (κ2) is 8.31. The van der Waals surface area contributed by atoms with E-state index in [1.165, 1.54) is 4.57 Å². The maximum atomic E-state index is 12.9. The predicted octanol–water partition coefficient (Wildman–Crippen LogP) is 3.27. The molecule has 0 spiro atoms. The van der Waals surface area contributed by atoms with Crippen LogP contribution in [0.1, 0.15) is 32.3 Å². The number of nitrogens with one attached hydrogen (secondary N) is 1. The number of benzene rings is 1. The SMILES string of the molecule is CCCn1c(=O)c2[nH]c(-c3cnn(Cc4cccc(Cl)c4)c3)nc2n(CCC)c1=O. The topological polar surface area (TPSA) is 90.5 Å². The number of aryl methyl sites for hydroxylation is 1. The molecule has 8 nitrogen and oxygen atoms in total. The Bertz CT molecular complexity index is 1310. The maximum Gasteiger partial charge on any atom is 0.332 e. The van der Waals surface area contributed by atoms with Crippen molar-refractivity contribution in [3.05, 3.63) is 68.1 Å². The first-order valence-electron chi connectivity index (χ1n) is 10.0. The number of halogens is 1. The maximum absolute atomic E-state index is 12.9. The zero-order chi connectivity index (χ0) is 21.3. The van der Waals surface area contributed by atoms with Crippen molar-refractivity contribution in [3.8, 4) is 11.4 Å². The van der Waals surface area contributed by atoms with Crippen molar-refractivity contribution < 1.29 is 0 Å². The number of aromatic nitrogens is 6. The molecule has 4 aromatic rings. The fourth-order valence-corrected chi connectivity index (χ4v) is 3.76. The van der Waals surface area contributed by atoms with Crippen molar-refractivity contribution in [2.45, 2.75) is 46.3 Å². The van der Waals surface area contributed by atoms with E-state index in [1.54, 1.807) is 15.4 Å². The average molecular weight is 427 g/mol. The standard InChI is InChI=1S/C21H23ClN6O2/c1-3-8-27-19-17(20(29)28(9-4-2)21(27)30)24-18(25-19)15-11-23-26(13-15)12-14-6-5-7-16(22)10-14/h5-7,10-11,13H,3-4,8-9,12H2,1-2H3,(H,24,25). The van der Waals surface area contributed by atoms with Crippen LogP contribution >= 0.6 is 11.6 Å². The van der Waals surface area contributed by atoms with Crippen LogP contribution in [0.3, 0.4) is 0 Å². The van der Waals surface area contributed by atoms with Crippen LogP contribution in [0.2, 0.25) is 5.02 Å². The Kier molecular flexibility index (Phi) is 5.59. The molecule has 3 heterocycles. The van der Waals surface area contributed by atoms with Gasteiger partial charge in [-0.15, -0.1) is 0 Å². The summed E-state index contributed by atoms with van der Waals surface area (Å²) in [5.41, 5.74) is 1.84. The van der Waals surface area contributed by atoms with Crippen LogP contribution in [0, 0.1) is 0 Å². The second-order valence-corrected chi connectivity index (χ2v) is 7.67. The van der Waals surface area contributed by atoms with Gasteiger partial charge >= 0.3 is 5.69 Å². The highest BCUT2D eigenvalue weighted by Gasteiger charge is 2.18. The molecule has 0 bridgehead atoms. The largest absolute Gasteiger partial charge is 0.332 e. The third-order valence-electron chi connectivity index (χ3n) is 4.90. The highest BCUT2D eigenvalue weighted by Crippen LogP contribution is 2.19. The fourth-order valence-electron chi connectivity index (χ4n) is 3.54. The van der Waals surface area contributed by atoms with Gasteiger partial charge in [-0.25, -0.2) is 9.78 Å². The molecule has 3 aromatic heterocycles. The minimum absolute atomic E-state index is 0.314. The molecule has 0 atom stereocenters. The first-order valence-corrected chi connectivity index (χ1v) is 10.4. The fraction of sp³-hybridized carbons (Fsp3) is 0.333. The van der Waals surface area contributed by atoms with Gasteiger partial charge in [0.15, 0.2) is 5.65 Å². The molecule has 1 aromatic carbocycles. The lowest BCUT2D eigenvalue weighted by atomic mass is 10.2. The molecule has 0 radical (unpaired) electrons. The number of nitrogens with zero attached hydrogens (tertiary/aromatic N) is 5. The zero-order valence-corrected chi connectivity index (χ0v) is 17.7. The van der Waals surface area contributed by atoms with Crippen LogP contribution in [0.5, 0.6) is 0 Å². The van der Waals surface area contributed by atoms with E-state index in [0.29, 0.717) is 48.1 Å². The van der Waals surface area contributed by atoms with Gasteiger partial charge in [0, 0.05) is 24.3 Å². The van der Waals surface area contributed by atoms with E-state index in [9.17, 15) is 9.59 Å². The third-order valence-corrected chi connectivity index (χ3v) is 5.13. The second-order valence-electron chi connectivity index (χ2n) is 7.23. The van der Waals surface area contributed by atoms with Gasteiger partial charge in [0.05, 0.1) is 18.3 Å². The van der Waals surface area contributed by atoms with E-state index in [0.717, 1.165) is 17.5 Å². The molecule has 0 saturated carbocycles. The van der Waals surface area contributed by atoms with Crippen LogP contribution in [0.4, 0.5) is 0 Å². The first-order chi connectivity index (χ1) is 14.5. The summed E-state index contributed by atoms with van der Waals surface area (Å²) in [6.45, 7) is 5.36. The van der Waals surface area contributed by atoms with Crippen LogP contribution < -0.4 is 11.2 Å². The average Bonchev–Trinajstić information content (AvgIpc) is 3.36. The molecule has 0 aliphatic heterocycles. The smallest absolute Gasteiger partial charge is 0.332 e. The minimum atomic E-state index is -0.339. The number of H-pyrrole nitrogens is 1. The Balaban J connectivity index is 1.76. The first kappa shape index (κ1) is 20.2. The van der Waals surface area contributed by atoms with Crippen molar-refractivity contribution in [2.75, 3.05) is 0 Å². The molecular weight excluding hydrogens is 404 g/mol. The summed E-state index contributed by atoms with van der Waals surface area (Å²) in [6.07, 6.45) is 5.00. The highest BCUT2D eigenvalue weighted by atomic mass is 35.5. The quantitative estimate of drug-likeness (QED) is 0.491. The summed E-state index contributed by atoms with van der Waals surface area (Å²) in [5, 5.41) is 5.07. The van der Waals surface area contributed by atoms with E-state index in [-0.39, 0.29) is 11.2 Å². The molecule has 1 N–H and O–H groups in total. The molecule has 30 heavy (non-hydrogen) atoms. The lowest BCUT2D eigenvalue weighted by Crippen LogP contribution is -2.40. The van der Waals surface area contributed by atoms with Gasteiger partial charge in [-0.2, -0.15) is 5.10 Å². The van der Waals surface area contributed by atoms with Gasteiger partial charge in [0.25, 0.3) is 5.56 Å². The van der Waals surface area contributed by atoms with Crippen molar-refractivity contribution in [1.29, 1.82) is 0 Å². The summed E-state index contributed by atoms with van der Waals surface area (Å²) < 4.78 is 4.63. The summed E-state index contributed by atoms with van der Waals surface area (Å²) in [6, 6.07) is 7.60. The summed E-state index contributed by atoms with van der Waals surface area (Å²) in [5.74, 6) is 0.512. The molecule has 0 aliphatic rings. The molecule has 0 amide bonds. The minimum Gasteiger partial charge on any atom is -0.332 e. The molecule has 4 rings (SSSR count). The molecule has 0 saturated heterocycles. The van der Waals surface area contributed by atoms with Crippen molar-refractivity contribution in [2.24, 2.45) is 0 Å². The Morgan fingerprint density at radius 3 is 2.60 bits per heavy atom. The molecule has 0 fully saturated rings. The van der Waals surface area contributed by atoms with E-state index in [1.807, 2.05) is 44.3 Å². The Morgan fingerprint density at radius 1 is 1.10 bits per heavy atom. The van der Waals surface area contributed by atoms with Crippen LogP contribution in [0.25, 0.3) is 22.6 Å². The predicted molar refractivity (Wildman–Crippen MR) is 117 cm³/mol. The third kappa shape index (κ3) is 3.70. The van der Waals surface area contributed by atoms with Crippen LogP contribution in [-0.2, 0) is 19.6 Å². The number of rotatable bonds is 7. The monoisotopic (exact) mass is 426 g/mol. The molecular formula is C21H23ClN6O2. The normalized spacial score (nSPS) is 11.4. The highest BCUT2D eigenvalue weighted by molar-refractivity contribution is 6.30. The summed E-state index contributed by atoms with van der Waals surface area (Å²) >= 11 is 6.06. The van der Waals surface area contributed by atoms with Gasteiger partial charge in [0.1, 0.15) is 11.3 Å². The zero-order valence-electron chi connectivity index (χ0n) is 16.9. The molecule has 0 aliphatic carbocycles. The van der Waals surface area contributed by atoms with Crippen LogP contribution in [-0.4, -0.2) is 28.9 Å². The molecule has 156 valence electrons. The van der Waals surface area contributed by atoms with Crippen molar-refractivity contribution >= 4 is 22.8 Å². The van der Waals surface area contributed by atoms with Gasteiger partial charge in [-0.05, 0) is 30.5 Å². The summed E-state index contributed by atoms with van der Waals surface area (Å²) in [7, 11) is 0. The van der Waals surface area contributed by atoms with Crippen molar-refractivity contribution in [3.63, 3.8) is 0 Å². The Hall–Kier alpha value is -3.13. The van der Waals surface area contributed by atoms with Gasteiger partial charge in [-0.3, -0.25) is 18.6 Å². The molecule has 0 unspecified atom stereocenters. The lowest BCUT2D eigenvalue weighted by Gasteiger charge is -2.09. The number of aromatic amines is 1. The van der Waals surface area contributed by atoms with E-state index in [2.05, 4.69) is 15.1 Å². The number of hydrogen-bond donors (Lipinski definition) is 1.